The van der Waals surface area contributed by atoms with E-state index in [2.05, 4.69) is 34.6 Å². The van der Waals surface area contributed by atoms with Crippen LogP contribution in [0.25, 0.3) is 5.69 Å². The van der Waals surface area contributed by atoms with Crippen molar-refractivity contribution in [2.75, 3.05) is 5.32 Å². The van der Waals surface area contributed by atoms with Gasteiger partial charge in [0.1, 0.15) is 0 Å². The Kier molecular flexibility index (Phi) is 3.98. The van der Waals surface area contributed by atoms with E-state index in [1.165, 1.54) is 5.56 Å². The summed E-state index contributed by atoms with van der Waals surface area (Å²) in [7, 11) is 0. The summed E-state index contributed by atoms with van der Waals surface area (Å²) in [6, 6.07) is 16.1. The molecular formula is C17H17N3O. The number of aliphatic hydroxyl groups excluding tert-OH is 1. The van der Waals surface area contributed by atoms with Gasteiger partial charge in [0.25, 0.3) is 0 Å². The largest absolute Gasteiger partial charge is 0.392 e. The predicted octanol–water partition coefficient (Wildman–Crippen LogP) is 2.98. The molecule has 0 bridgehead atoms. The highest BCUT2D eigenvalue weighted by Gasteiger charge is 2.01. The molecule has 1 heterocycles. The molecule has 106 valence electrons. The fourth-order valence-corrected chi connectivity index (χ4v) is 2.23. The summed E-state index contributed by atoms with van der Waals surface area (Å²) in [5.41, 5.74) is 4.16. The summed E-state index contributed by atoms with van der Waals surface area (Å²) < 4.78 is 1.97. The van der Waals surface area contributed by atoms with Crippen LogP contribution in [0.3, 0.4) is 0 Å². The molecule has 0 atom stereocenters. The Morgan fingerprint density at radius 2 is 1.86 bits per heavy atom. The van der Waals surface area contributed by atoms with Crippen LogP contribution in [-0.2, 0) is 13.2 Å². The van der Waals surface area contributed by atoms with Gasteiger partial charge in [-0.25, -0.2) is 4.98 Å². The molecule has 21 heavy (non-hydrogen) atoms. The van der Waals surface area contributed by atoms with Crippen LogP contribution >= 0.6 is 0 Å². The minimum absolute atomic E-state index is 0.0444. The van der Waals surface area contributed by atoms with Crippen LogP contribution in [0.5, 0.6) is 0 Å². The second kappa shape index (κ2) is 6.24. The fraction of sp³-hybridized carbons (Fsp3) is 0.118. The van der Waals surface area contributed by atoms with Crippen LogP contribution < -0.4 is 5.32 Å². The van der Waals surface area contributed by atoms with Crippen LogP contribution in [0.1, 0.15) is 11.1 Å². The lowest BCUT2D eigenvalue weighted by atomic mass is 10.1. The Labute approximate surface area is 123 Å². The second-order valence-corrected chi connectivity index (χ2v) is 4.81. The first-order chi connectivity index (χ1) is 10.4. The summed E-state index contributed by atoms with van der Waals surface area (Å²) in [6.07, 6.45) is 5.47. The molecular weight excluding hydrogens is 262 g/mol. The third kappa shape index (κ3) is 3.12. The predicted molar refractivity (Wildman–Crippen MR) is 83.3 cm³/mol. The van der Waals surface area contributed by atoms with Gasteiger partial charge >= 0.3 is 0 Å². The summed E-state index contributed by atoms with van der Waals surface area (Å²) in [4.78, 5) is 4.04. The van der Waals surface area contributed by atoms with Crippen molar-refractivity contribution in [1.82, 2.24) is 9.55 Å². The molecule has 0 saturated carbocycles. The Morgan fingerprint density at radius 1 is 1.05 bits per heavy atom. The van der Waals surface area contributed by atoms with Gasteiger partial charge in [-0.1, -0.05) is 30.3 Å². The van der Waals surface area contributed by atoms with Crippen molar-refractivity contribution in [3.05, 3.63) is 78.4 Å². The quantitative estimate of drug-likeness (QED) is 0.755. The molecule has 4 heteroatoms. The van der Waals surface area contributed by atoms with Crippen LogP contribution in [-0.4, -0.2) is 14.7 Å². The molecule has 2 aromatic carbocycles. The molecule has 0 aliphatic heterocycles. The normalized spacial score (nSPS) is 10.5. The number of nitrogens with one attached hydrogen (secondary N) is 1. The molecule has 2 N–H and O–H groups in total. The van der Waals surface area contributed by atoms with Gasteiger partial charge in [-0.05, 0) is 23.8 Å². The minimum Gasteiger partial charge on any atom is -0.392 e. The molecule has 0 spiro atoms. The summed E-state index contributed by atoms with van der Waals surface area (Å²) in [6.45, 7) is 0.768. The van der Waals surface area contributed by atoms with Crippen molar-refractivity contribution in [1.29, 1.82) is 0 Å². The number of aromatic nitrogens is 2. The zero-order valence-electron chi connectivity index (χ0n) is 11.6. The lowest BCUT2D eigenvalue weighted by Gasteiger charge is -2.11. The van der Waals surface area contributed by atoms with Gasteiger partial charge in [-0.3, -0.25) is 0 Å². The van der Waals surface area contributed by atoms with Crippen molar-refractivity contribution in [2.45, 2.75) is 13.2 Å². The van der Waals surface area contributed by atoms with E-state index < -0.39 is 0 Å². The fourth-order valence-electron chi connectivity index (χ4n) is 2.23. The first-order valence-electron chi connectivity index (χ1n) is 6.87. The van der Waals surface area contributed by atoms with E-state index in [1.54, 1.807) is 12.5 Å². The smallest absolute Gasteiger partial charge is 0.0991 e. The number of imidazole rings is 1. The standard InChI is InChI=1S/C17H17N3O/c21-12-15-3-1-2-4-17(15)19-11-14-5-7-16(8-6-14)20-10-9-18-13-20/h1-10,13,19,21H,11-12H2. The summed E-state index contributed by atoms with van der Waals surface area (Å²) >= 11 is 0. The van der Waals surface area contributed by atoms with Gasteiger partial charge in [-0.15, -0.1) is 0 Å². The maximum atomic E-state index is 9.31. The van der Waals surface area contributed by atoms with Gasteiger partial charge in [0, 0.05) is 35.9 Å². The molecule has 0 amide bonds. The van der Waals surface area contributed by atoms with Crippen molar-refractivity contribution in [2.24, 2.45) is 0 Å². The van der Waals surface area contributed by atoms with Crippen LogP contribution in [0.4, 0.5) is 5.69 Å². The zero-order valence-corrected chi connectivity index (χ0v) is 11.6. The maximum absolute atomic E-state index is 9.31. The number of para-hydroxylation sites is 1. The molecule has 0 aliphatic carbocycles. The molecule has 0 aliphatic rings. The van der Waals surface area contributed by atoms with E-state index in [-0.39, 0.29) is 6.61 Å². The second-order valence-electron chi connectivity index (χ2n) is 4.81. The number of hydrogen-bond donors (Lipinski definition) is 2. The van der Waals surface area contributed by atoms with E-state index in [0.717, 1.165) is 23.5 Å². The molecule has 0 unspecified atom stereocenters. The van der Waals surface area contributed by atoms with Gasteiger partial charge in [0.15, 0.2) is 0 Å². The van der Waals surface area contributed by atoms with Crippen LogP contribution in [0.2, 0.25) is 0 Å². The van der Waals surface area contributed by atoms with Crippen molar-refractivity contribution in [3.8, 4) is 5.69 Å². The maximum Gasteiger partial charge on any atom is 0.0991 e. The van der Waals surface area contributed by atoms with Crippen molar-refractivity contribution < 1.29 is 5.11 Å². The van der Waals surface area contributed by atoms with Crippen molar-refractivity contribution in [3.63, 3.8) is 0 Å². The number of hydrogen-bond acceptors (Lipinski definition) is 3. The Hall–Kier alpha value is -2.59. The minimum atomic E-state index is 0.0444. The molecule has 3 rings (SSSR count). The summed E-state index contributed by atoms with van der Waals surface area (Å²) in [5.74, 6) is 0. The highest BCUT2D eigenvalue weighted by atomic mass is 16.3. The van der Waals surface area contributed by atoms with E-state index >= 15 is 0 Å². The molecule has 0 saturated heterocycles. The Bertz CT molecular complexity index is 690. The third-order valence-corrected chi connectivity index (χ3v) is 3.41. The first kappa shape index (κ1) is 13.4. The third-order valence-electron chi connectivity index (χ3n) is 3.41. The van der Waals surface area contributed by atoms with Crippen molar-refractivity contribution >= 4 is 5.69 Å². The summed E-state index contributed by atoms with van der Waals surface area (Å²) in [5, 5.41) is 12.7. The Morgan fingerprint density at radius 3 is 2.57 bits per heavy atom. The van der Waals surface area contributed by atoms with Gasteiger partial charge < -0.3 is 15.0 Å². The van der Waals surface area contributed by atoms with E-state index in [0.29, 0.717) is 0 Å². The van der Waals surface area contributed by atoms with Gasteiger partial charge in [0.05, 0.1) is 12.9 Å². The monoisotopic (exact) mass is 279 g/mol. The van der Waals surface area contributed by atoms with Gasteiger partial charge in [-0.2, -0.15) is 0 Å². The highest BCUT2D eigenvalue weighted by molar-refractivity contribution is 5.51. The average Bonchev–Trinajstić information content (AvgIpc) is 3.08. The lowest BCUT2D eigenvalue weighted by molar-refractivity contribution is 0.282. The van der Waals surface area contributed by atoms with Crippen LogP contribution in [0.15, 0.2) is 67.3 Å². The number of aliphatic hydroxyl groups is 1. The number of benzene rings is 2. The lowest BCUT2D eigenvalue weighted by Crippen LogP contribution is -2.02. The topological polar surface area (TPSA) is 50.1 Å². The Balaban J connectivity index is 1.68. The first-order valence-corrected chi connectivity index (χ1v) is 6.87. The molecule has 0 fully saturated rings. The average molecular weight is 279 g/mol. The van der Waals surface area contributed by atoms with E-state index in [9.17, 15) is 5.11 Å². The molecule has 0 radical (unpaired) electrons. The highest BCUT2D eigenvalue weighted by Crippen LogP contribution is 2.16. The number of rotatable bonds is 5. The number of anilines is 1. The van der Waals surface area contributed by atoms with E-state index in [1.807, 2.05) is 35.0 Å². The molecule has 1 aromatic heterocycles. The zero-order chi connectivity index (χ0) is 14.5. The van der Waals surface area contributed by atoms with E-state index in [4.69, 9.17) is 0 Å². The molecule has 3 aromatic rings. The van der Waals surface area contributed by atoms with Crippen LogP contribution in [0, 0.1) is 0 Å². The SMILES string of the molecule is OCc1ccccc1NCc1ccc(-n2ccnc2)cc1. The number of nitrogens with zero attached hydrogens (tertiary/aromatic N) is 2. The molecule has 4 nitrogen and oxygen atoms in total. The van der Waals surface area contributed by atoms with Gasteiger partial charge in [0.2, 0.25) is 0 Å².